The van der Waals surface area contributed by atoms with E-state index in [-0.39, 0.29) is 6.10 Å². The van der Waals surface area contributed by atoms with Crippen molar-refractivity contribution in [1.29, 1.82) is 0 Å². The first-order valence-corrected chi connectivity index (χ1v) is 6.63. The second-order valence-electron chi connectivity index (χ2n) is 3.87. The van der Waals surface area contributed by atoms with Gasteiger partial charge < -0.3 is 9.47 Å². The fourth-order valence-corrected chi connectivity index (χ4v) is 1.99. The van der Waals surface area contributed by atoms with Gasteiger partial charge in [-0.1, -0.05) is 0 Å². The summed E-state index contributed by atoms with van der Waals surface area (Å²) in [6.45, 7) is 1.10. The number of carbonyl (C=O) groups excluding carboxylic acids is 1. The number of nitrogens with one attached hydrogen (secondary N) is 1. The molecule has 0 spiro atoms. The molecule has 0 aromatic heterocycles. The van der Waals surface area contributed by atoms with Crippen LogP contribution in [0.1, 0.15) is 12.8 Å². The predicted molar refractivity (Wildman–Crippen MR) is 73.1 cm³/mol. The van der Waals surface area contributed by atoms with Crippen molar-refractivity contribution in [3.8, 4) is 0 Å². The number of amides is 1. The summed E-state index contributed by atoms with van der Waals surface area (Å²) in [5.74, 6) is 0. The maximum absolute atomic E-state index is 11.5. The quantitative estimate of drug-likeness (QED) is 0.855. The molecule has 1 fully saturated rings. The van der Waals surface area contributed by atoms with Gasteiger partial charge >= 0.3 is 6.09 Å². The molecule has 1 atom stereocenters. The first-order valence-electron chi connectivity index (χ1n) is 5.55. The summed E-state index contributed by atoms with van der Waals surface area (Å²) < 4.78 is 11.6. The molecule has 1 aliphatic rings. The number of ether oxygens (including phenoxy) is 2. The number of carbonyl (C=O) groups is 1. The maximum atomic E-state index is 11.5. The largest absolute Gasteiger partial charge is 0.447 e. The molecule has 5 heteroatoms. The second-order valence-corrected chi connectivity index (χ2v) is 5.11. The standard InChI is InChI=1S/C12H14INO3/c13-9-3-5-10(6-4-9)14-12(15)17-8-11-2-1-7-16-11/h3-6,11H,1-2,7-8H2,(H,14,15). The highest BCUT2D eigenvalue weighted by molar-refractivity contribution is 14.1. The second kappa shape index (κ2) is 6.20. The number of halogens is 1. The number of anilines is 1. The van der Waals surface area contributed by atoms with Crippen molar-refractivity contribution in [2.45, 2.75) is 18.9 Å². The van der Waals surface area contributed by atoms with Gasteiger partial charge in [-0.2, -0.15) is 0 Å². The molecule has 1 N–H and O–H groups in total. The first-order chi connectivity index (χ1) is 8.24. The molecule has 17 heavy (non-hydrogen) atoms. The van der Waals surface area contributed by atoms with Crippen molar-refractivity contribution in [1.82, 2.24) is 0 Å². The van der Waals surface area contributed by atoms with E-state index in [4.69, 9.17) is 9.47 Å². The Hall–Kier alpha value is -0.820. The lowest BCUT2D eigenvalue weighted by Crippen LogP contribution is -2.21. The van der Waals surface area contributed by atoms with E-state index in [1.165, 1.54) is 0 Å². The maximum Gasteiger partial charge on any atom is 0.411 e. The Morgan fingerprint density at radius 1 is 1.47 bits per heavy atom. The third kappa shape index (κ3) is 4.16. The third-order valence-electron chi connectivity index (χ3n) is 2.51. The van der Waals surface area contributed by atoms with E-state index in [2.05, 4.69) is 27.9 Å². The van der Waals surface area contributed by atoms with Crippen LogP contribution in [-0.2, 0) is 9.47 Å². The van der Waals surface area contributed by atoms with Crippen molar-refractivity contribution < 1.29 is 14.3 Å². The number of hydrogen-bond acceptors (Lipinski definition) is 3. The summed E-state index contributed by atoms with van der Waals surface area (Å²) in [7, 11) is 0. The van der Waals surface area contributed by atoms with Gasteiger partial charge in [0.1, 0.15) is 6.61 Å². The summed E-state index contributed by atoms with van der Waals surface area (Å²) in [5, 5.41) is 2.67. The molecule has 0 bridgehead atoms. The lowest BCUT2D eigenvalue weighted by molar-refractivity contribution is 0.0484. The van der Waals surface area contributed by atoms with Crippen LogP contribution in [-0.4, -0.2) is 25.4 Å². The normalized spacial score (nSPS) is 19.0. The van der Waals surface area contributed by atoms with Crippen LogP contribution in [0.15, 0.2) is 24.3 Å². The predicted octanol–water partition coefficient (Wildman–Crippen LogP) is 3.02. The molecule has 1 aromatic rings. The van der Waals surface area contributed by atoms with Gasteiger partial charge in [-0.3, -0.25) is 5.32 Å². The molecular weight excluding hydrogens is 333 g/mol. The minimum Gasteiger partial charge on any atom is -0.447 e. The van der Waals surface area contributed by atoms with E-state index < -0.39 is 6.09 Å². The smallest absolute Gasteiger partial charge is 0.411 e. The van der Waals surface area contributed by atoms with Crippen LogP contribution in [0.25, 0.3) is 0 Å². The van der Waals surface area contributed by atoms with Crippen molar-refractivity contribution in [2.24, 2.45) is 0 Å². The summed E-state index contributed by atoms with van der Waals surface area (Å²) >= 11 is 2.21. The Morgan fingerprint density at radius 3 is 2.88 bits per heavy atom. The van der Waals surface area contributed by atoms with Gasteiger partial charge in [0.15, 0.2) is 0 Å². The van der Waals surface area contributed by atoms with Crippen LogP contribution < -0.4 is 5.32 Å². The van der Waals surface area contributed by atoms with Gasteiger partial charge in [0.05, 0.1) is 6.10 Å². The lowest BCUT2D eigenvalue weighted by Gasteiger charge is -2.11. The molecule has 1 heterocycles. The van der Waals surface area contributed by atoms with Crippen LogP contribution in [0.2, 0.25) is 0 Å². The Morgan fingerprint density at radius 2 is 2.24 bits per heavy atom. The van der Waals surface area contributed by atoms with E-state index >= 15 is 0 Å². The van der Waals surface area contributed by atoms with E-state index in [1.807, 2.05) is 24.3 Å². The molecule has 1 saturated heterocycles. The van der Waals surface area contributed by atoms with E-state index in [9.17, 15) is 4.79 Å². The SMILES string of the molecule is O=C(Nc1ccc(I)cc1)OCC1CCCO1. The highest BCUT2D eigenvalue weighted by Crippen LogP contribution is 2.13. The first kappa shape index (κ1) is 12.6. The van der Waals surface area contributed by atoms with Gasteiger partial charge in [0.2, 0.25) is 0 Å². The van der Waals surface area contributed by atoms with Crippen LogP contribution in [0.5, 0.6) is 0 Å². The molecule has 1 aromatic carbocycles. The summed E-state index contributed by atoms with van der Waals surface area (Å²) in [6, 6.07) is 7.54. The van der Waals surface area contributed by atoms with Crippen molar-refractivity contribution in [2.75, 3.05) is 18.5 Å². The minimum absolute atomic E-state index is 0.0671. The number of rotatable bonds is 3. The Bertz CT molecular complexity index is 374. The highest BCUT2D eigenvalue weighted by Gasteiger charge is 2.17. The molecule has 0 saturated carbocycles. The monoisotopic (exact) mass is 347 g/mol. The van der Waals surface area contributed by atoms with Gasteiger partial charge in [0, 0.05) is 15.9 Å². The molecular formula is C12H14INO3. The fourth-order valence-electron chi connectivity index (χ4n) is 1.63. The zero-order chi connectivity index (χ0) is 12.1. The van der Waals surface area contributed by atoms with Crippen molar-refractivity contribution in [3.05, 3.63) is 27.8 Å². The van der Waals surface area contributed by atoms with Crippen LogP contribution >= 0.6 is 22.6 Å². The van der Waals surface area contributed by atoms with Gasteiger partial charge in [-0.15, -0.1) is 0 Å². The molecule has 4 nitrogen and oxygen atoms in total. The highest BCUT2D eigenvalue weighted by atomic mass is 127. The Kier molecular flexibility index (Phi) is 4.61. The van der Waals surface area contributed by atoms with E-state index in [1.54, 1.807) is 0 Å². The minimum atomic E-state index is -0.429. The van der Waals surface area contributed by atoms with E-state index in [0.717, 1.165) is 28.7 Å². The molecule has 1 amide bonds. The molecule has 1 unspecified atom stereocenters. The summed E-state index contributed by atoms with van der Waals surface area (Å²) in [5.41, 5.74) is 0.739. The lowest BCUT2D eigenvalue weighted by atomic mass is 10.2. The van der Waals surface area contributed by atoms with Crippen LogP contribution in [0.3, 0.4) is 0 Å². The van der Waals surface area contributed by atoms with Crippen LogP contribution in [0.4, 0.5) is 10.5 Å². The average Bonchev–Trinajstić information content (AvgIpc) is 2.83. The molecule has 0 aliphatic carbocycles. The van der Waals surface area contributed by atoms with Crippen molar-refractivity contribution >= 4 is 34.4 Å². The molecule has 92 valence electrons. The summed E-state index contributed by atoms with van der Waals surface area (Å²) in [4.78, 5) is 11.5. The number of hydrogen-bond donors (Lipinski definition) is 1. The zero-order valence-corrected chi connectivity index (χ0v) is 11.5. The fraction of sp³-hybridized carbons (Fsp3) is 0.417. The van der Waals surface area contributed by atoms with Gasteiger partial charge in [-0.05, 0) is 59.7 Å². The van der Waals surface area contributed by atoms with Crippen molar-refractivity contribution in [3.63, 3.8) is 0 Å². The topological polar surface area (TPSA) is 47.6 Å². The van der Waals surface area contributed by atoms with Crippen LogP contribution in [0, 0.1) is 3.57 Å². The van der Waals surface area contributed by atoms with Gasteiger partial charge in [-0.25, -0.2) is 4.79 Å². The van der Waals surface area contributed by atoms with Gasteiger partial charge in [0.25, 0.3) is 0 Å². The Labute approximate surface area is 114 Å². The van der Waals surface area contributed by atoms with E-state index in [0.29, 0.717) is 6.61 Å². The third-order valence-corrected chi connectivity index (χ3v) is 3.23. The molecule has 0 radical (unpaired) electrons. The molecule has 2 rings (SSSR count). The number of benzene rings is 1. The average molecular weight is 347 g/mol. The zero-order valence-electron chi connectivity index (χ0n) is 9.32. The summed E-state index contributed by atoms with van der Waals surface area (Å²) in [6.07, 6.45) is 1.66. The molecule has 1 aliphatic heterocycles. The Balaban J connectivity index is 1.74.